The van der Waals surface area contributed by atoms with Gasteiger partial charge in [0.1, 0.15) is 5.75 Å². The second-order valence-corrected chi connectivity index (χ2v) is 5.71. The number of aliphatic hydroxyl groups excluding tert-OH is 1. The van der Waals surface area contributed by atoms with E-state index >= 15 is 0 Å². The highest BCUT2D eigenvalue weighted by atomic mass is 16.5. The third-order valence-electron chi connectivity index (χ3n) is 4.41. The lowest BCUT2D eigenvalue weighted by Gasteiger charge is -2.26. The molecule has 1 aliphatic carbocycles. The number of carbonyl (C=O) groups is 1. The van der Waals surface area contributed by atoms with Crippen molar-refractivity contribution in [2.45, 2.75) is 37.8 Å². The van der Waals surface area contributed by atoms with E-state index in [0.29, 0.717) is 18.9 Å². The van der Waals surface area contributed by atoms with Gasteiger partial charge in [-0.15, -0.1) is 0 Å². The first-order valence-corrected chi connectivity index (χ1v) is 7.41. The Kier molecular flexibility index (Phi) is 3.92. The Hall–Kier alpha value is -1.55. The second-order valence-electron chi connectivity index (χ2n) is 5.71. The summed E-state index contributed by atoms with van der Waals surface area (Å²) in [5.41, 5.74) is 0. The lowest BCUT2D eigenvalue weighted by Crippen LogP contribution is -2.39. The Labute approximate surface area is 119 Å². The van der Waals surface area contributed by atoms with Crippen LogP contribution < -0.4 is 4.74 Å². The molecule has 0 radical (unpaired) electrons. The average molecular weight is 275 g/mol. The maximum Gasteiger partial charge on any atom is 0.223 e. The number of rotatable bonds is 5. The number of hydrogen-bond donors (Lipinski definition) is 1. The summed E-state index contributed by atoms with van der Waals surface area (Å²) in [7, 11) is 0. The number of likely N-dealkylation sites (tertiary alicyclic amines) is 1. The van der Waals surface area contributed by atoms with E-state index in [1.54, 1.807) is 0 Å². The van der Waals surface area contributed by atoms with Gasteiger partial charge in [-0.3, -0.25) is 4.79 Å². The van der Waals surface area contributed by atoms with Crippen molar-refractivity contribution < 1.29 is 14.6 Å². The number of amides is 1. The Morgan fingerprint density at radius 3 is 2.75 bits per heavy atom. The summed E-state index contributed by atoms with van der Waals surface area (Å²) in [6, 6.07) is 9.72. The maximum atomic E-state index is 12.2. The highest BCUT2D eigenvalue weighted by Gasteiger charge is 2.47. The van der Waals surface area contributed by atoms with Gasteiger partial charge in [0.15, 0.2) is 0 Å². The van der Waals surface area contributed by atoms with Crippen LogP contribution in [0.15, 0.2) is 30.3 Å². The average Bonchev–Trinajstić information content (AvgIpc) is 3.00. The Bertz CT molecular complexity index is 462. The zero-order valence-electron chi connectivity index (χ0n) is 11.6. The highest BCUT2D eigenvalue weighted by molar-refractivity contribution is 5.77. The van der Waals surface area contributed by atoms with E-state index in [1.807, 2.05) is 35.2 Å². The minimum absolute atomic E-state index is 0.0718. The number of carbonyl (C=O) groups excluding carboxylic acids is 1. The highest BCUT2D eigenvalue weighted by Crippen LogP contribution is 2.38. The Morgan fingerprint density at radius 1 is 1.30 bits per heavy atom. The van der Waals surface area contributed by atoms with Gasteiger partial charge in [-0.25, -0.2) is 0 Å². The zero-order chi connectivity index (χ0) is 13.9. The summed E-state index contributed by atoms with van der Waals surface area (Å²) in [5.74, 6) is 1.31. The number of benzene rings is 1. The van der Waals surface area contributed by atoms with Crippen molar-refractivity contribution in [1.82, 2.24) is 4.90 Å². The van der Waals surface area contributed by atoms with Crippen LogP contribution in [0.4, 0.5) is 0 Å². The molecule has 2 aliphatic rings. The molecule has 4 nitrogen and oxygen atoms in total. The van der Waals surface area contributed by atoms with E-state index in [-0.39, 0.29) is 18.1 Å². The van der Waals surface area contributed by atoms with Gasteiger partial charge in [0.25, 0.3) is 0 Å². The molecule has 2 fully saturated rings. The van der Waals surface area contributed by atoms with Crippen LogP contribution >= 0.6 is 0 Å². The molecule has 1 aromatic rings. The zero-order valence-corrected chi connectivity index (χ0v) is 11.6. The summed E-state index contributed by atoms with van der Waals surface area (Å²) in [4.78, 5) is 14.0. The van der Waals surface area contributed by atoms with Gasteiger partial charge < -0.3 is 14.7 Å². The van der Waals surface area contributed by atoms with Crippen molar-refractivity contribution in [1.29, 1.82) is 0 Å². The van der Waals surface area contributed by atoms with E-state index in [9.17, 15) is 9.90 Å². The molecule has 3 atom stereocenters. The number of fused-ring (bicyclic) bond motifs is 2. The lowest BCUT2D eigenvalue weighted by atomic mass is 10.1. The molecule has 2 bridgehead atoms. The molecular weight excluding hydrogens is 254 g/mol. The van der Waals surface area contributed by atoms with Crippen molar-refractivity contribution >= 4 is 5.91 Å². The standard InChI is InChI=1S/C16H21NO3/c18-15(17-11-12-8-9-14(17)16(12)19)7-4-10-20-13-5-2-1-3-6-13/h1-3,5-6,12,14,16,19H,4,7-11H2. The third kappa shape index (κ3) is 2.66. The summed E-state index contributed by atoms with van der Waals surface area (Å²) < 4.78 is 5.58. The Balaban J connectivity index is 1.40. The second kappa shape index (κ2) is 5.83. The molecule has 0 aromatic heterocycles. The predicted molar refractivity (Wildman–Crippen MR) is 75.4 cm³/mol. The number of para-hydroxylation sites is 1. The predicted octanol–water partition coefficient (Wildman–Crippen LogP) is 1.83. The molecule has 1 saturated carbocycles. The molecule has 20 heavy (non-hydrogen) atoms. The van der Waals surface area contributed by atoms with Crippen LogP contribution in [-0.4, -0.2) is 41.2 Å². The van der Waals surface area contributed by atoms with Crippen molar-refractivity contribution in [2.75, 3.05) is 13.2 Å². The van der Waals surface area contributed by atoms with Crippen LogP contribution in [0.5, 0.6) is 5.75 Å². The van der Waals surface area contributed by atoms with E-state index in [4.69, 9.17) is 4.74 Å². The quantitative estimate of drug-likeness (QED) is 0.834. The number of hydrogen-bond acceptors (Lipinski definition) is 3. The van der Waals surface area contributed by atoms with E-state index in [0.717, 1.165) is 31.6 Å². The fraction of sp³-hybridized carbons (Fsp3) is 0.562. The molecule has 0 spiro atoms. The minimum Gasteiger partial charge on any atom is -0.494 e. The van der Waals surface area contributed by atoms with Crippen molar-refractivity contribution in [3.05, 3.63) is 30.3 Å². The summed E-state index contributed by atoms with van der Waals surface area (Å²) >= 11 is 0. The summed E-state index contributed by atoms with van der Waals surface area (Å²) in [6.45, 7) is 1.30. The Morgan fingerprint density at radius 2 is 2.10 bits per heavy atom. The number of piperidine rings is 1. The first-order chi connectivity index (χ1) is 9.75. The topological polar surface area (TPSA) is 49.8 Å². The first-order valence-electron chi connectivity index (χ1n) is 7.41. The van der Waals surface area contributed by atoms with Gasteiger partial charge in [-0.2, -0.15) is 0 Å². The first kappa shape index (κ1) is 13.4. The number of nitrogens with zero attached hydrogens (tertiary/aromatic N) is 1. The molecule has 1 N–H and O–H groups in total. The van der Waals surface area contributed by atoms with E-state index in [1.165, 1.54) is 0 Å². The van der Waals surface area contributed by atoms with Gasteiger partial charge in [-0.05, 0) is 31.4 Å². The molecule has 3 rings (SSSR count). The van der Waals surface area contributed by atoms with Crippen molar-refractivity contribution in [3.63, 3.8) is 0 Å². The largest absolute Gasteiger partial charge is 0.494 e. The molecule has 108 valence electrons. The SMILES string of the molecule is O=C(CCCOc1ccccc1)N1CC2CCC1C2O. The fourth-order valence-corrected chi connectivity index (χ4v) is 3.33. The molecule has 1 aliphatic heterocycles. The maximum absolute atomic E-state index is 12.2. The molecule has 1 aromatic carbocycles. The van der Waals surface area contributed by atoms with Gasteiger partial charge >= 0.3 is 0 Å². The molecule has 4 heteroatoms. The molecule has 1 heterocycles. The normalized spacial score (nSPS) is 27.9. The van der Waals surface area contributed by atoms with Crippen LogP contribution in [0.25, 0.3) is 0 Å². The lowest BCUT2D eigenvalue weighted by molar-refractivity contribution is -0.133. The minimum atomic E-state index is -0.292. The summed E-state index contributed by atoms with van der Waals surface area (Å²) in [5, 5.41) is 9.95. The molecular formula is C16H21NO3. The van der Waals surface area contributed by atoms with Crippen molar-refractivity contribution in [3.8, 4) is 5.75 Å². The van der Waals surface area contributed by atoms with Gasteiger partial charge in [0.05, 0.1) is 18.8 Å². The van der Waals surface area contributed by atoms with E-state index in [2.05, 4.69) is 0 Å². The van der Waals surface area contributed by atoms with Crippen LogP contribution in [0.1, 0.15) is 25.7 Å². The molecule has 1 amide bonds. The third-order valence-corrected chi connectivity index (χ3v) is 4.41. The van der Waals surface area contributed by atoms with Gasteiger partial charge in [0.2, 0.25) is 5.91 Å². The van der Waals surface area contributed by atoms with Crippen molar-refractivity contribution in [2.24, 2.45) is 5.92 Å². The van der Waals surface area contributed by atoms with Crippen LogP contribution in [0, 0.1) is 5.92 Å². The van der Waals surface area contributed by atoms with Crippen LogP contribution in [-0.2, 0) is 4.79 Å². The fourth-order valence-electron chi connectivity index (χ4n) is 3.33. The van der Waals surface area contributed by atoms with E-state index < -0.39 is 0 Å². The molecule has 1 saturated heterocycles. The van der Waals surface area contributed by atoms with Crippen LogP contribution in [0.2, 0.25) is 0 Å². The van der Waals surface area contributed by atoms with Crippen LogP contribution in [0.3, 0.4) is 0 Å². The smallest absolute Gasteiger partial charge is 0.223 e. The number of ether oxygens (including phenoxy) is 1. The van der Waals surface area contributed by atoms with Gasteiger partial charge in [-0.1, -0.05) is 18.2 Å². The summed E-state index contributed by atoms with van der Waals surface area (Å²) in [6.07, 6.45) is 2.95. The number of aliphatic hydroxyl groups is 1. The monoisotopic (exact) mass is 275 g/mol. The van der Waals surface area contributed by atoms with Gasteiger partial charge in [0, 0.05) is 18.9 Å². The molecule has 3 unspecified atom stereocenters.